The number of amides is 1. The van der Waals surface area contributed by atoms with E-state index in [1.54, 1.807) is 6.20 Å². The Hall–Kier alpha value is -3.50. The van der Waals surface area contributed by atoms with Crippen molar-refractivity contribution in [1.82, 2.24) is 4.90 Å². The summed E-state index contributed by atoms with van der Waals surface area (Å²) in [6.45, 7) is 2.82. The lowest BCUT2D eigenvalue weighted by molar-refractivity contribution is -0.112. The zero-order chi connectivity index (χ0) is 20.8. The molecule has 7 nitrogen and oxygen atoms in total. The number of nitriles is 1. The molecule has 0 aromatic heterocycles. The molecule has 8 heteroatoms. The van der Waals surface area contributed by atoms with Crippen molar-refractivity contribution < 1.29 is 14.7 Å². The molecule has 29 heavy (non-hydrogen) atoms. The maximum absolute atomic E-state index is 12.4. The summed E-state index contributed by atoms with van der Waals surface area (Å²) >= 11 is 6.05. The van der Waals surface area contributed by atoms with Crippen molar-refractivity contribution in [3.8, 4) is 6.07 Å². The van der Waals surface area contributed by atoms with Crippen molar-refractivity contribution in [1.29, 1.82) is 5.26 Å². The van der Waals surface area contributed by atoms with Crippen molar-refractivity contribution in [2.24, 2.45) is 0 Å². The Morgan fingerprint density at radius 3 is 2.38 bits per heavy atom. The smallest absolute Gasteiger partial charge is 0.335 e. The van der Waals surface area contributed by atoms with E-state index < -0.39 is 11.9 Å². The Balaban J connectivity index is 1.60. The fourth-order valence-electron chi connectivity index (χ4n) is 3.00. The van der Waals surface area contributed by atoms with Crippen LogP contribution in [0.1, 0.15) is 10.4 Å². The molecular formula is C21H19ClN4O3. The predicted octanol–water partition coefficient (Wildman–Crippen LogP) is 3.21. The van der Waals surface area contributed by atoms with Crippen molar-refractivity contribution in [2.75, 3.05) is 36.4 Å². The second-order valence-electron chi connectivity index (χ2n) is 6.49. The predicted molar refractivity (Wildman–Crippen MR) is 111 cm³/mol. The van der Waals surface area contributed by atoms with Crippen molar-refractivity contribution in [2.45, 2.75) is 0 Å². The van der Waals surface area contributed by atoms with Gasteiger partial charge in [-0.15, -0.1) is 0 Å². The highest BCUT2D eigenvalue weighted by Crippen LogP contribution is 2.21. The van der Waals surface area contributed by atoms with Gasteiger partial charge in [-0.3, -0.25) is 4.79 Å². The second kappa shape index (κ2) is 9.13. The molecule has 2 aromatic rings. The van der Waals surface area contributed by atoms with Crippen molar-refractivity contribution in [3.05, 3.63) is 70.9 Å². The van der Waals surface area contributed by atoms with E-state index in [-0.39, 0.29) is 11.1 Å². The molecule has 0 atom stereocenters. The van der Waals surface area contributed by atoms with Gasteiger partial charge in [-0.1, -0.05) is 17.7 Å². The minimum Gasteiger partial charge on any atom is -0.478 e. The largest absolute Gasteiger partial charge is 0.478 e. The molecule has 0 saturated carbocycles. The molecule has 0 unspecified atom stereocenters. The van der Waals surface area contributed by atoms with Gasteiger partial charge in [0.15, 0.2) is 0 Å². The number of piperazine rings is 1. The van der Waals surface area contributed by atoms with E-state index in [0.29, 0.717) is 23.8 Å². The Bertz CT molecular complexity index is 974. The van der Waals surface area contributed by atoms with E-state index >= 15 is 0 Å². The first-order valence-corrected chi connectivity index (χ1v) is 9.35. The second-order valence-corrected chi connectivity index (χ2v) is 6.93. The van der Waals surface area contributed by atoms with Crippen molar-refractivity contribution in [3.63, 3.8) is 0 Å². The van der Waals surface area contributed by atoms with Crippen LogP contribution >= 0.6 is 11.6 Å². The van der Waals surface area contributed by atoms with Crippen LogP contribution in [0.3, 0.4) is 0 Å². The van der Waals surface area contributed by atoms with Crippen LogP contribution in [0.2, 0.25) is 5.02 Å². The molecule has 3 rings (SSSR count). The molecule has 1 saturated heterocycles. The van der Waals surface area contributed by atoms with Crippen LogP contribution < -0.4 is 10.2 Å². The number of carbonyl (C=O) groups excluding carboxylic acids is 1. The number of nitrogens with zero attached hydrogens (tertiary/aromatic N) is 3. The van der Waals surface area contributed by atoms with E-state index in [1.165, 1.54) is 24.3 Å². The summed E-state index contributed by atoms with van der Waals surface area (Å²) in [6.07, 6.45) is 1.57. The van der Waals surface area contributed by atoms with Crippen LogP contribution in [0.5, 0.6) is 0 Å². The zero-order valence-electron chi connectivity index (χ0n) is 15.5. The SMILES string of the molecule is N#C/C(=C/N1CCN(c2cccc(Cl)c2)CC1)C(=O)Nc1ccc(C(=O)O)cc1. The van der Waals surface area contributed by atoms with Crippen LogP contribution in [0, 0.1) is 11.3 Å². The van der Waals surface area contributed by atoms with E-state index in [9.17, 15) is 14.9 Å². The van der Waals surface area contributed by atoms with Gasteiger partial charge in [-0.2, -0.15) is 5.26 Å². The highest BCUT2D eigenvalue weighted by Gasteiger charge is 2.18. The quantitative estimate of drug-likeness (QED) is 0.580. The highest BCUT2D eigenvalue weighted by atomic mass is 35.5. The number of nitrogens with one attached hydrogen (secondary N) is 1. The van der Waals surface area contributed by atoms with Gasteiger partial charge in [0.25, 0.3) is 5.91 Å². The third-order valence-electron chi connectivity index (χ3n) is 4.55. The standard InChI is InChI=1S/C21H19ClN4O3/c22-17-2-1-3-19(12-17)26-10-8-25(9-11-26)14-16(13-23)20(27)24-18-6-4-15(5-7-18)21(28)29/h1-7,12,14H,8-11H2,(H,24,27)(H,28,29)/b16-14-. The summed E-state index contributed by atoms with van der Waals surface area (Å²) in [7, 11) is 0. The minimum atomic E-state index is -1.04. The van der Waals surface area contributed by atoms with Gasteiger partial charge in [0.1, 0.15) is 11.6 Å². The van der Waals surface area contributed by atoms with Crippen LogP contribution in [0.4, 0.5) is 11.4 Å². The zero-order valence-corrected chi connectivity index (χ0v) is 16.3. The normalized spacial score (nSPS) is 14.3. The maximum atomic E-state index is 12.4. The molecule has 0 bridgehead atoms. The number of rotatable bonds is 5. The number of aromatic carboxylic acids is 1. The summed E-state index contributed by atoms with van der Waals surface area (Å²) in [4.78, 5) is 27.4. The summed E-state index contributed by atoms with van der Waals surface area (Å²) < 4.78 is 0. The molecule has 2 N–H and O–H groups in total. The number of hydrogen-bond donors (Lipinski definition) is 2. The first-order chi connectivity index (χ1) is 14.0. The summed E-state index contributed by atoms with van der Waals surface area (Å²) in [6, 6.07) is 15.3. The molecule has 0 spiro atoms. The fraction of sp³-hybridized carbons (Fsp3) is 0.190. The summed E-state index contributed by atoms with van der Waals surface area (Å²) in [5.74, 6) is -1.58. The number of benzene rings is 2. The Labute approximate surface area is 173 Å². The third-order valence-corrected chi connectivity index (χ3v) is 4.79. The summed E-state index contributed by atoms with van der Waals surface area (Å²) in [5, 5.41) is 21.6. The summed E-state index contributed by atoms with van der Waals surface area (Å²) in [5.41, 5.74) is 1.58. The number of carbonyl (C=O) groups is 2. The molecule has 2 aromatic carbocycles. The van der Waals surface area contributed by atoms with Gasteiger partial charge in [0, 0.05) is 48.8 Å². The lowest BCUT2D eigenvalue weighted by Gasteiger charge is -2.35. The fourth-order valence-corrected chi connectivity index (χ4v) is 3.18. The molecule has 0 radical (unpaired) electrons. The van der Waals surface area contributed by atoms with E-state index in [4.69, 9.17) is 16.7 Å². The van der Waals surface area contributed by atoms with E-state index in [2.05, 4.69) is 10.2 Å². The monoisotopic (exact) mass is 410 g/mol. The molecule has 1 aliphatic heterocycles. The highest BCUT2D eigenvalue weighted by molar-refractivity contribution is 6.30. The Kier molecular flexibility index (Phi) is 6.37. The van der Waals surface area contributed by atoms with E-state index in [0.717, 1.165) is 18.8 Å². The Morgan fingerprint density at radius 2 is 1.79 bits per heavy atom. The molecule has 1 aliphatic rings. The van der Waals surface area contributed by atoms with Gasteiger partial charge in [0.05, 0.1) is 5.56 Å². The lowest BCUT2D eigenvalue weighted by Crippen LogP contribution is -2.44. The van der Waals surface area contributed by atoms with Gasteiger partial charge in [-0.25, -0.2) is 4.79 Å². The van der Waals surface area contributed by atoms with Crippen LogP contribution in [0.25, 0.3) is 0 Å². The molecule has 1 heterocycles. The average molecular weight is 411 g/mol. The van der Waals surface area contributed by atoms with E-state index in [1.807, 2.05) is 35.2 Å². The van der Waals surface area contributed by atoms with Crippen LogP contribution in [0.15, 0.2) is 60.3 Å². The number of halogens is 1. The molecule has 1 amide bonds. The van der Waals surface area contributed by atoms with Crippen LogP contribution in [-0.2, 0) is 4.79 Å². The molecule has 0 aliphatic carbocycles. The topological polar surface area (TPSA) is 96.7 Å². The molecule has 1 fully saturated rings. The van der Waals surface area contributed by atoms with Gasteiger partial charge < -0.3 is 20.2 Å². The minimum absolute atomic E-state index is 0.0106. The number of carboxylic acids is 1. The molecular weight excluding hydrogens is 392 g/mol. The first kappa shape index (κ1) is 20.2. The van der Waals surface area contributed by atoms with Gasteiger partial charge >= 0.3 is 5.97 Å². The van der Waals surface area contributed by atoms with Crippen LogP contribution in [-0.4, -0.2) is 48.1 Å². The third kappa shape index (κ3) is 5.27. The van der Waals surface area contributed by atoms with Crippen molar-refractivity contribution >= 4 is 34.9 Å². The maximum Gasteiger partial charge on any atom is 0.335 e. The van der Waals surface area contributed by atoms with Gasteiger partial charge in [0.2, 0.25) is 0 Å². The van der Waals surface area contributed by atoms with Gasteiger partial charge in [-0.05, 0) is 42.5 Å². The number of hydrogen-bond acceptors (Lipinski definition) is 5. The number of anilines is 2. The molecule has 148 valence electrons. The first-order valence-electron chi connectivity index (χ1n) is 8.97. The average Bonchev–Trinajstić information content (AvgIpc) is 2.72. The lowest BCUT2D eigenvalue weighted by atomic mass is 10.2. The number of carboxylic acid groups (broad SMARTS) is 1. The Morgan fingerprint density at radius 1 is 1.10 bits per heavy atom.